The van der Waals surface area contributed by atoms with Crippen molar-refractivity contribution in [3.63, 3.8) is 0 Å². The van der Waals surface area contributed by atoms with Gasteiger partial charge in [-0.1, -0.05) is 46.3 Å². The molecule has 0 amide bonds. The quantitative estimate of drug-likeness (QED) is 0.0414. The Morgan fingerprint density at radius 2 is 1.02 bits per heavy atom. The van der Waals surface area contributed by atoms with Gasteiger partial charge in [0.15, 0.2) is 31.3 Å². The second kappa shape index (κ2) is 25.9. The zero-order valence-corrected chi connectivity index (χ0v) is 51.5. The molecule has 0 spiro atoms. The van der Waals surface area contributed by atoms with Crippen molar-refractivity contribution in [2.45, 2.75) is 272 Å². The topological polar surface area (TPSA) is 491 Å². The number of carboxylic acids is 1. The number of aliphatic hydroxyl groups is 17. The molecule has 9 fully saturated rings. The SMILES string of the molecule is CC1OC(OC2C(CO)OC(OCC3OC(OC(=O)C45CCC(C)(C)CC4C4=CCC6C7(C)CC(O)C(OC8OC(CO)C(O)C(O)C8O)C(C)(C(=O)O)C7CCC6(C)C4(C)CC5)C(OC4OC(CO)C(O)C(O)C4O)C(O)C3O)C(O)C2O)C(O)C(O)C1O. The van der Waals surface area contributed by atoms with Crippen LogP contribution in [0.4, 0.5) is 0 Å². The Morgan fingerprint density at radius 3 is 1.61 bits per heavy atom. The van der Waals surface area contributed by atoms with Crippen molar-refractivity contribution in [1.29, 1.82) is 0 Å². The summed E-state index contributed by atoms with van der Waals surface area (Å²) in [7, 11) is 0. The molecule has 90 heavy (non-hydrogen) atoms. The maximum atomic E-state index is 15.8. The molecule has 18 N–H and O–H groups in total. The van der Waals surface area contributed by atoms with Crippen molar-refractivity contribution in [3.8, 4) is 0 Å². The van der Waals surface area contributed by atoms with Crippen LogP contribution in [0, 0.1) is 50.2 Å². The molecule has 0 radical (unpaired) electrons. The summed E-state index contributed by atoms with van der Waals surface area (Å²) in [4.78, 5) is 29.6. The normalized spacial score (nSPS) is 54.5. The van der Waals surface area contributed by atoms with Crippen molar-refractivity contribution in [1.82, 2.24) is 0 Å². The Hall–Kier alpha value is -2.36. The summed E-state index contributed by atoms with van der Waals surface area (Å²) in [6, 6.07) is 0. The molecule has 30 heteroatoms. The number of hydrogen-bond acceptors (Lipinski definition) is 29. The van der Waals surface area contributed by atoms with Crippen molar-refractivity contribution in [2.24, 2.45) is 50.2 Å². The molecule has 4 saturated carbocycles. The molecule has 516 valence electrons. The molecule has 35 atom stereocenters. The van der Waals surface area contributed by atoms with E-state index in [1.165, 1.54) is 13.8 Å². The highest BCUT2D eigenvalue weighted by Gasteiger charge is 2.73. The molecule has 5 aliphatic heterocycles. The van der Waals surface area contributed by atoms with Gasteiger partial charge in [0, 0.05) is 0 Å². The molecule has 0 aromatic carbocycles. The van der Waals surface area contributed by atoms with Crippen LogP contribution in [-0.2, 0) is 57.0 Å². The van der Waals surface area contributed by atoms with Gasteiger partial charge < -0.3 is 139 Å². The third kappa shape index (κ3) is 11.5. The number of esters is 1. The summed E-state index contributed by atoms with van der Waals surface area (Å²) < 4.78 is 59.1. The second-order valence-corrected chi connectivity index (χ2v) is 29.0. The minimum atomic E-state index is -2.11. The summed E-state index contributed by atoms with van der Waals surface area (Å²) in [5, 5.41) is 196. The Morgan fingerprint density at radius 1 is 0.522 bits per heavy atom. The average Bonchev–Trinajstić information content (AvgIpc) is 0.674. The van der Waals surface area contributed by atoms with Gasteiger partial charge in [-0.2, -0.15) is 0 Å². The van der Waals surface area contributed by atoms with Crippen LogP contribution in [0.5, 0.6) is 0 Å². The summed E-state index contributed by atoms with van der Waals surface area (Å²) in [6.07, 6.45) is -41.7. The molecule has 5 aliphatic carbocycles. The lowest BCUT2D eigenvalue weighted by Gasteiger charge is -2.71. The van der Waals surface area contributed by atoms with Crippen molar-refractivity contribution < 1.29 is 149 Å². The fourth-order valence-electron chi connectivity index (χ4n) is 17.9. The van der Waals surface area contributed by atoms with E-state index in [2.05, 4.69) is 33.8 Å². The Kier molecular flexibility index (Phi) is 20.3. The molecule has 5 heterocycles. The molecule has 30 nitrogen and oxygen atoms in total. The largest absolute Gasteiger partial charge is 0.481 e. The van der Waals surface area contributed by atoms with Crippen LogP contribution in [0.25, 0.3) is 0 Å². The van der Waals surface area contributed by atoms with Gasteiger partial charge >= 0.3 is 11.9 Å². The highest BCUT2D eigenvalue weighted by molar-refractivity contribution is 5.79. The fraction of sp³-hybridized carbons (Fsp3) is 0.933. The number of carboxylic acid groups (broad SMARTS) is 1. The van der Waals surface area contributed by atoms with Crippen LogP contribution < -0.4 is 0 Å². The number of aliphatic hydroxyl groups excluding tert-OH is 17. The molecule has 35 unspecified atom stereocenters. The minimum Gasteiger partial charge on any atom is -0.481 e. The predicted octanol–water partition coefficient (Wildman–Crippen LogP) is -5.15. The fourth-order valence-corrected chi connectivity index (χ4v) is 17.9. The van der Waals surface area contributed by atoms with Gasteiger partial charge in [0.05, 0.1) is 49.5 Å². The number of allylic oxidation sites excluding steroid dienone is 2. The Balaban J connectivity index is 0.918. The van der Waals surface area contributed by atoms with Crippen LogP contribution in [0.2, 0.25) is 0 Å². The number of ether oxygens (including phenoxy) is 10. The van der Waals surface area contributed by atoms with Crippen LogP contribution in [0.1, 0.15) is 106 Å². The molecule has 10 aliphatic rings. The van der Waals surface area contributed by atoms with Gasteiger partial charge in [0.2, 0.25) is 6.29 Å². The number of hydrogen-bond donors (Lipinski definition) is 18. The van der Waals surface area contributed by atoms with Crippen LogP contribution in [-0.4, -0.2) is 296 Å². The van der Waals surface area contributed by atoms with E-state index in [1.807, 2.05) is 6.92 Å². The zero-order chi connectivity index (χ0) is 66.0. The van der Waals surface area contributed by atoms with E-state index in [9.17, 15) is 96.7 Å². The Bertz CT molecular complexity index is 2560. The molecule has 5 saturated heterocycles. The van der Waals surface area contributed by atoms with E-state index in [0.29, 0.717) is 44.9 Å². The highest BCUT2D eigenvalue weighted by atomic mass is 16.8. The predicted molar refractivity (Wildman–Crippen MR) is 297 cm³/mol. The maximum Gasteiger partial charge on any atom is 0.315 e. The Labute approximate surface area is 519 Å². The summed E-state index contributed by atoms with van der Waals surface area (Å²) in [5.74, 6) is -3.46. The highest BCUT2D eigenvalue weighted by Crippen LogP contribution is 2.76. The van der Waals surface area contributed by atoms with Gasteiger partial charge in [-0.05, 0) is 111 Å². The van der Waals surface area contributed by atoms with Crippen LogP contribution >= 0.6 is 0 Å². The number of carbonyl (C=O) groups excluding carboxylic acids is 1. The van der Waals surface area contributed by atoms with Crippen LogP contribution in [0.15, 0.2) is 11.6 Å². The van der Waals surface area contributed by atoms with Crippen molar-refractivity contribution in [3.05, 3.63) is 11.6 Å². The lowest BCUT2D eigenvalue weighted by Crippen LogP contribution is -2.70. The average molecular weight is 1300 g/mol. The van der Waals surface area contributed by atoms with E-state index in [4.69, 9.17) is 47.4 Å². The molecule has 10 rings (SSSR count). The molecular weight excluding hydrogens is 1200 g/mol. The number of carbonyl (C=O) groups is 2. The summed E-state index contributed by atoms with van der Waals surface area (Å²) >= 11 is 0. The monoisotopic (exact) mass is 1300 g/mol. The van der Waals surface area contributed by atoms with Crippen molar-refractivity contribution >= 4 is 11.9 Å². The first-order valence-electron chi connectivity index (χ1n) is 31.5. The van der Waals surface area contributed by atoms with Gasteiger partial charge in [0.1, 0.15) is 116 Å². The molecule has 0 bridgehead atoms. The van der Waals surface area contributed by atoms with Gasteiger partial charge in [0.25, 0.3) is 0 Å². The van der Waals surface area contributed by atoms with E-state index in [1.54, 1.807) is 0 Å². The van der Waals surface area contributed by atoms with E-state index in [-0.39, 0.29) is 24.2 Å². The van der Waals surface area contributed by atoms with E-state index < -0.39 is 243 Å². The summed E-state index contributed by atoms with van der Waals surface area (Å²) in [5.41, 5.74) is -4.58. The van der Waals surface area contributed by atoms with Crippen LogP contribution in [0.3, 0.4) is 0 Å². The molecular formula is C60H96O30. The lowest BCUT2D eigenvalue weighted by molar-refractivity contribution is -0.373. The first kappa shape index (κ1) is 70.4. The maximum absolute atomic E-state index is 15.8. The zero-order valence-electron chi connectivity index (χ0n) is 51.5. The number of fused-ring (bicyclic) bond motifs is 7. The van der Waals surface area contributed by atoms with Gasteiger partial charge in [-0.25, -0.2) is 0 Å². The number of aliphatic carboxylic acids is 1. The van der Waals surface area contributed by atoms with Crippen molar-refractivity contribution in [2.75, 3.05) is 26.4 Å². The third-order valence-corrected chi connectivity index (χ3v) is 23.6. The first-order chi connectivity index (χ1) is 42.1. The minimum absolute atomic E-state index is 0.0604. The second-order valence-electron chi connectivity index (χ2n) is 29.0. The number of rotatable bonds is 15. The van der Waals surface area contributed by atoms with Gasteiger partial charge in [-0.3, -0.25) is 9.59 Å². The standard InChI is InChI=1S/C60H96O30/c1-22-32(65)36(69)41(74)49(82-22)87-45-28(20-63)85-48(44(77)40(45)73)81-21-29-35(68)39(72)46(88-50-42(75)37(70)33(66)26(18-61)83-50)52(86-29)90-54(80)60-14-12-55(2,3)16-24(60)23-8-9-30-56(4)17-25(64)47(89-51-43(76)38(71)34(67)27(19-62)84-51)59(7,53(78)79)31(56)10-11-58(30,6)57(23,5)13-15-60/h8,22,24-52,61-77H,9-21H2,1-7H3,(H,78,79). The smallest absolute Gasteiger partial charge is 0.315 e. The molecule has 0 aromatic heterocycles. The first-order valence-corrected chi connectivity index (χ1v) is 31.5. The summed E-state index contributed by atoms with van der Waals surface area (Å²) in [6.45, 7) is 10.1. The lowest BCUT2D eigenvalue weighted by atomic mass is 9.33. The van der Waals surface area contributed by atoms with E-state index >= 15 is 4.79 Å². The molecule has 0 aromatic rings. The van der Waals surface area contributed by atoms with E-state index in [0.717, 1.165) is 5.57 Å². The third-order valence-electron chi connectivity index (χ3n) is 23.6. The van der Waals surface area contributed by atoms with Gasteiger partial charge in [-0.15, -0.1) is 0 Å².